The number of nitrogens with zero attached hydrogens (tertiary/aromatic N) is 2. The van der Waals surface area contributed by atoms with Gasteiger partial charge < -0.3 is 15.0 Å². The maximum Gasteiger partial charge on any atom is 0.256 e. The molecule has 2 aromatic carbocycles. The molecule has 0 spiro atoms. The lowest BCUT2D eigenvalue weighted by atomic mass is 10.1. The second kappa shape index (κ2) is 10.3. The third kappa shape index (κ3) is 5.48. The topological polar surface area (TPSA) is 71.5 Å². The number of ether oxygens (including phenoxy) is 1. The highest BCUT2D eigenvalue weighted by Gasteiger charge is 2.19. The van der Waals surface area contributed by atoms with Gasteiger partial charge in [0.25, 0.3) is 5.91 Å². The van der Waals surface area contributed by atoms with Crippen LogP contribution in [0.15, 0.2) is 71.9 Å². The van der Waals surface area contributed by atoms with Crippen LogP contribution < -0.4 is 10.1 Å². The molecule has 4 rings (SSSR count). The van der Waals surface area contributed by atoms with Crippen molar-refractivity contribution in [3.8, 4) is 11.5 Å². The molecule has 0 aliphatic carbocycles. The standard InChI is InChI=1S/C25H25N3O3S/c1-18-15-19(10-11-22(18)31-20-7-6-12-26-16-20)27-25(30)21-8-2-3-9-23(21)32-17-24(29)28-13-4-5-14-28/h2-3,6-12,15-16H,4-5,13-14,17H2,1H3,(H,27,30). The number of nitrogens with one attached hydrogen (secondary N) is 1. The van der Waals surface area contributed by atoms with Crippen LogP contribution in [-0.4, -0.2) is 40.5 Å². The number of amides is 2. The van der Waals surface area contributed by atoms with E-state index in [1.807, 2.05) is 60.4 Å². The summed E-state index contributed by atoms with van der Waals surface area (Å²) in [6.07, 6.45) is 5.48. The number of benzene rings is 2. The van der Waals surface area contributed by atoms with Gasteiger partial charge in [-0.15, -0.1) is 11.8 Å². The number of aryl methyl sites for hydroxylation is 1. The van der Waals surface area contributed by atoms with E-state index >= 15 is 0 Å². The van der Waals surface area contributed by atoms with Gasteiger partial charge in [-0.05, 0) is 67.8 Å². The average Bonchev–Trinajstić information content (AvgIpc) is 3.35. The fraction of sp³-hybridized carbons (Fsp3) is 0.240. The van der Waals surface area contributed by atoms with Crippen molar-refractivity contribution >= 4 is 29.3 Å². The number of anilines is 1. The summed E-state index contributed by atoms with van der Waals surface area (Å²) in [6.45, 7) is 3.60. The minimum atomic E-state index is -0.206. The fourth-order valence-corrected chi connectivity index (χ4v) is 4.50. The van der Waals surface area contributed by atoms with Crippen LogP contribution in [0, 0.1) is 6.92 Å². The normalized spacial score (nSPS) is 13.1. The first-order valence-corrected chi connectivity index (χ1v) is 11.6. The predicted octanol–water partition coefficient (Wildman–Crippen LogP) is 5.15. The van der Waals surface area contributed by atoms with Crippen molar-refractivity contribution in [2.24, 2.45) is 0 Å². The summed E-state index contributed by atoms with van der Waals surface area (Å²) in [5.74, 6) is 1.61. The molecule has 2 amide bonds. The van der Waals surface area contributed by atoms with E-state index in [0.29, 0.717) is 28.5 Å². The molecule has 32 heavy (non-hydrogen) atoms. The van der Waals surface area contributed by atoms with Gasteiger partial charge in [0.2, 0.25) is 5.91 Å². The monoisotopic (exact) mass is 447 g/mol. The lowest BCUT2D eigenvalue weighted by Gasteiger charge is -2.16. The molecular formula is C25H25N3O3S. The molecule has 1 aromatic heterocycles. The quantitative estimate of drug-likeness (QED) is 0.507. The number of pyridine rings is 1. The molecule has 1 fully saturated rings. The smallest absolute Gasteiger partial charge is 0.256 e. The molecule has 7 heteroatoms. The van der Waals surface area contributed by atoms with E-state index in [1.165, 1.54) is 11.8 Å². The van der Waals surface area contributed by atoms with Gasteiger partial charge >= 0.3 is 0 Å². The zero-order valence-electron chi connectivity index (χ0n) is 17.9. The molecule has 1 saturated heterocycles. The Bertz CT molecular complexity index is 1100. The van der Waals surface area contributed by atoms with Crippen molar-refractivity contribution in [2.45, 2.75) is 24.7 Å². The number of aromatic nitrogens is 1. The Morgan fingerprint density at radius 3 is 2.66 bits per heavy atom. The van der Waals surface area contributed by atoms with E-state index < -0.39 is 0 Å². The highest BCUT2D eigenvalue weighted by molar-refractivity contribution is 8.00. The average molecular weight is 448 g/mol. The summed E-state index contributed by atoms with van der Waals surface area (Å²) in [7, 11) is 0. The molecular weight excluding hydrogens is 422 g/mol. The first-order valence-electron chi connectivity index (χ1n) is 10.6. The maximum atomic E-state index is 13.0. The number of likely N-dealkylation sites (tertiary alicyclic amines) is 1. The molecule has 6 nitrogen and oxygen atoms in total. The Morgan fingerprint density at radius 1 is 1.09 bits per heavy atom. The van der Waals surface area contributed by atoms with Crippen molar-refractivity contribution in [3.63, 3.8) is 0 Å². The van der Waals surface area contributed by atoms with Gasteiger partial charge in [0.1, 0.15) is 11.5 Å². The summed E-state index contributed by atoms with van der Waals surface area (Å²) in [4.78, 5) is 32.1. The molecule has 0 atom stereocenters. The lowest BCUT2D eigenvalue weighted by Crippen LogP contribution is -2.29. The zero-order valence-corrected chi connectivity index (χ0v) is 18.7. The summed E-state index contributed by atoms with van der Waals surface area (Å²) >= 11 is 1.41. The van der Waals surface area contributed by atoms with E-state index in [1.54, 1.807) is 18.5 Å². The van der Waals surface area contributed by atoms with E-state index in [2.05, 4.69) is 10.3 Å². The molecule has 1 aliphatic heterocycles. The summed E-state index contributed by atoms with van der Waals surface area (Å²) < 4.78 is 5.85. The van der Waals surface area contributed by atoms with Gasteiger partial charge in [-0.25, -0.2) is 0 Å². The van der Waals surface area contributed by atoms with E-state index in [9.17, 15) is 9.59 Å². The third-order valence-corrected chi connectivity index (χ3v) is 6.29. The van der Waals surface area contributed by atoms with Crippen molar-refractivity contribution in [1.82, 2.24) is 9.88 Å². The van der Waals surface area contributed by atoms with Gasteiger partial charge in [0.15, 0.2) is 0 Å². The van der Waals surface area contributed by atoms with Crippen molar-refractivity contribution < 1.29 is 14.3 Å². The summed E-state index contributed by atoms with van der Waals surface area (Å²) in [5.41, 5.74) is 2.13. The van der Waals surface area contributed by atoms with Crippen LogP contribution in [0.25, 0.3) is 0 Å². The first kappa shape index (κ1) is 21.9. The molecule has 1 N–H and O–H groups in total. The van der Waals surface area contributed by atoms with E-state index in [4.69, 9.17) is 4.74 Å². The number of thioether (sulfide) groups is 1. The zero-order chi connectivity index (χ0) is 22.3. The van der Waals surface area contributed by atoms with E-state index in [-0.39, 0.29) is 11.8 Å². The second-order valence-electron chi connectivity index (χ2n) is 7.60. The Morgan fingerprint density at radius 2 is 1.91 bits per heavy atom. The van der Waals surface area contributed by atoms with E-state index in [0.717, 1.165) is 36.4 Å². The van der Waals surface area contributed by atoms with Crippen LogP contribution in [-0.2, 0) is 4.79 Å². The Balaban J connectivity index is 1.41. The van der Waals surface area contributed by atoms with Gasteiger partial charge in [0.05, 0.1) is 17.5 Å². The highest BCUT2D eigenvalue weighted by atomic mass is 32.2. The molecule has 1 aliphatic rings. The van der Waals surface area contributed by atoms with Gasteiger partial charge in [0, 0.05) is 29.9 Å². The van der Waals surface area contributed by atoms with Crippen LogP contribution in [0.2, 0.25) is 0 Å². The van der Waals surface area contributed by atoms with Crippen LogP contribution in [0.5, 0.6) is 11.5 Å². The predicted molar refractivity (Wildman–Crippen MR) is 126 cm³/mol. The number of rotatable bonds is 7. The summed E-state index contributed by atoms with van der Waals surface area (Å²) in [5, 5.41) is 2.96. The number of carbonyl (C=O) groups excluding carboxylic acids is 2. The van der Waals surface area contributed by atoms with Crippen LogP contribution in [0.1, 0.15) is 28.8 Å². The summed E-state index contributed by atoms with van der Waals surface area (Å²) in [6, 6.07) is 16.5. The molecule has 0 radical (unpaired) electrons. The fourth-order valence-electron chi connectivity index (χ4n) is 3.55. The van der Waals surface area contributed by atoms with Crippen LogP contribution in [0.3, 0.4) is 0 Å². The van der Waals surface area contributed by atoms with Crippen molar-refractivity contribution in [2.75, 3.05) is 24.2 Å². The van der Waals surface area contributed by atoms with Gasteiger partial charge in [-0.2, -0.15) is 0 Å². The highest BCUT2D eigenvalue weighted by Crippen LogP contribution is 2.28. The molecule has 164 valence electrons. The Labute approximate surface area is 192 Å². The number of hydrogen-bond acceptors (Lipinski definition) is 5. The molecule has 0 unspecified atom stereocenters. The molecule has 0 bridgehead atoms. The number of carbonyl (C=O) groups is 2. The van der Waals surface area contributed by atoms with Gasteiger partial charge in [-0.3, -0.25) is 14.6 Å². The molecule has 3 aromatic rings. The lowest BCUT2D eigenvalue weighted by molar-refractivity contribution is -0.127. The minimum absolute atomic E-state index is 0.127. The van der Waals surface area contributed by atoms with Crippen LogP contribution >= 0.6 is 11.8 Å². The SMILES string of the molecule is Cc1cc(NC(=O)c2ccccc2SCC(=O)N2CCCC2)ccc1Oc1cccnc1. The van der Waals surface area contributed by atoms with Crippen molar-refractivity contribution in [1.29, 1.82) is 0 Å². The molecule has 2 heterocycles. The Hall–Kier alpha value is -3.32. The minimum Gasteiger partial charge on any atom is -0.455 e. The molecule has 0 saturated carbocycles. The third-order valence-electron chi connectivity index (χ3n) is 5.24. The first-order chi connectivity index (χ1) is 15.6. The second-order valence-corrected chi connectivity index (χ2v) is 8.62. The largest absolute Gasteiger partial charge is 0.455 e. The Kier molecular flexibility index (Phi) is 7.07. The van der Waals surface area contributed by atoms with Crippen LogP contribution in [0.4, 0.5) is 5.69 Å². The van der Waals surface area contributed by atoms with Crippen molar-refractivity contribution in [3.05, 3.63) is 78.1 Å². The maximum absolute atomic E-state index is 13.0. The number of hydrogen-bond donors (Lipinski definition) is 1. The van der Waals surface area contributed by atoms with Gasteiger partial charge in [-0.1, -0.05) is 12.1 Å².